The minimum Gasteiger partial charge on any atom is -0.379 e. The second-order valence-electron chi connectivity index (χ2n) is 5.83. The standard InChI is InChI=1S/C17H20N2O3/c1-21-15-7-6-14-17(15)22-9-8-19(14)16(20)10-12-2-4-13(11-18)5-3-12/h2-5,14-15,17H,6-10H2,1H3/t14-,15+,17+/m0/s1. The molecule has 1 aromatic carbocycles. The third-order valence-electron chi connectivity index (χ3n) is 4.60. The number of ether oxygens (including phenoxy) is 2. The molecule has 3 rings (SSSR count). The zero-order chi connectivity index (χ0) is 15.5. The molecule has 0 radical (unpaired) electrons. The Kier molecular flexibility index (Phi) is 4.41. The number of nitrogens with zero attached hydrogens (tertiary/aromatic N) is 2. The van der Waals surface area contributed by atoms with E-state index in [9.17, 15) is 4.79 Å². The van der Waals surface area contributed by atoms with E-state index in [2.05, 4.69) is 6.07 Å². The van der Waals surface area contributed by atoms with Crippen molar-refractivity contribution in [3.8, 4) is 6.07 Å². The molecule has 0 unspecified atom stereocenters. The van der Waals surface area contributed by atoms with Crippen LogP contribution in [0, 0.1) is 11.3 Å². The normalized spacial score (nSPS) is 27.3. The average Bonchev–Trinajstić information content (AvgIpc) is 2.98. The van der Waals surface area contributed by atoms with Gasteiger partial charge < -0.3 is 14.4 Å². The molecule has 0 N–H and O–H groups in total. The number of nitriles is 1. The SMILES string of the molecule is CO[C@@H]1CC[C@H]2[C@H]1OCCN2C(=O)Cc1ccc(C#N)cc1. The summed E-state index contributed by atoms with van der Waals surface area (Å²) in [6, 6.07) is 9.41. The van der Waals surface area contributed by atoms with E-state index in [1.165, 1.54) is 0 Å². The molecule has 22 heavy (non-hydrogen) atoms. The Morgan fingerprint density at radius 1 is 1.41 bits per heavy atom. The monoisotopic (exact) mass is 300 g/mol. The second-order valence-corrected chi connectivity index (χ2v) is 5.83. The van der Waals surface area contributed by atoms with E-state index in [1.807, 2.05) is 17.0 Å². The largest absolute Gasteiger partial charge is 0.379 e. The van der Waals surface area contributed by atoms with Gasteiger partial charge >= 0.3 is 0 Å². The minimum absolute atomic E-state index is 0.00339. The van der Waals surface area contributed by atoms with E-state index >= 15 is 0 Å². The number of hydrogen-bond acceptors (Lipinski definition) is 4. The van der Waals surface area contributed by atoms with Gasteiger partial charge in [0.05, 0.1) is 36.8 Å². The Labute approximate surface area is 130 Å². The molecule has 1 aromatic rings. The molecule has 1 aliphatic heterocycles. The predicted octanol–water partition coefficient (Wildman–Crippen LogP) is 1.51. The van der Waals surface area contributed by atoms with Crippen LogP contribution in [0.5, 0.6) is 0 Å². The summed E-state index contributed by atoms with van der Waals surface area (Å²) in [5, 5.41) is 8.81. The van der Waals surface area contributed by atoms with Crippen molar-refractivity contribution in [2.75, 3.05) is 20.3 Å². The summed E-state index contributed by atoms with van der Waals surface area (Å²) in [7, 11) is 1.70. The number of carbonyl (C=O) groups excluding carboxylic acids is 1. The van der Waals surface area contributed by atoms with Gasteiger partial charge in [-0.25, -0.2) is 0 Å². The summed E-state index contributed by atoms with van der Waals surface area (Å²) in [6.45, 7) is 1.22. The Morgan fingerprint density at radius 3 is 2.86 bits per heavy atom. The van der Waals surface area contributed by atoms with E-state index in [1.54, 1.807) is 19.2 Å². The number of carbonyl (C=O) groups is 1. The fourth-order valence-corrected chi connectivity index (χ4v) is 3.45. The summed E-state index contributed by atoms with van der Waals surface area (Å²) in [6.07, 6.45) is 2.33. The van der Waals surface area contributed by atoms with Crippen molar-refractivity contribution in [3.63, 3.8) is 0 Å². The summed E-state index contributed by atoms with van der Waals surface area (Å²) in [5.74, 6) is 0.125. The number of rotatable bonds is 3. The molecule has 1 saturated heterocycles. The van der Waals surface area contributed by atoms with Crippen LogP contribution in [0.3, 0.4) is 0 Å². The highest BCUT2D eigenvalue weighted by molar-refractivity contribution is 5.79. The fraction of sp³-hybridized carbons (Fsp3) is 0.529. The van der Waals surface area contributed by atoms with Crippen LogP contribution in [-0.2, 0) is 20.7 Å². The first-order valence-corrected chi connectivity index (χ1v) is 7.66. The Bertz CT molecular complexity index is 579. The molecule has 5 nitrogen and oxygen atoms in total. The number of benzene rings is 1. The lowest BCUT2D eigenvalue weighted by Gasteiger charge is -2.39. The van der Waals surface area contributed by atoms with Crippen LogP contribution in [0.15, 0.2) is 24.3 Å². The van der Waals surface area contributed by atoms with Gasteiger partial charge in [0, 0.05) is 13.7 Å². The van der Waals surface area contributed by atoms with Crippen LogP contribution in [0.25, 0.3) is 0 Å². The van der Waals surface area contributed by atoms with Crippen LogP contribution >= 0.6 is 0 Å². The highest BCUT2D eigenvalue weighted by Crippen LogP contribution is 2.32. The molecule has 3 atom stereocenters. The number of morpholine rings is 1. The van der Waals surface area contributed by atoms with Crippen molar-refractivity contribution in [2.45, 2.75) is 37.5 Å². The molecule has 2 fully saturated rings. The summed E-state index contributed by atoms with van der Waals surface area (Å²) in [5.41, 5.74) is 1.55. The third-order valence-corrected chi connectivity index (χ3v) is 4.60. The number of fused-ring (bicyclic) bond motifs is 1. The van der Waals surface area contributed by atoms with Gasteiger partial charge in [-0.05, 0) is 30.5 Å². The van der Waals surface area contributed by atoms with Crippen LogP contribution in [-0.4, -0.2) is 49.3 Å². The molecule has 1 saturated carbocycles. The maximum Gasteiger partial charge on any atom is 0.227 e. The topological polar surface area (TPSA) is 62.6 Å². The summed E-state index contributed by atoms with van der Waals surface area (Å²) < 4.78 is 11.3. The van der Waals surface area contributed by atoms with Gasteiger partial charge in [-0.3, -0.25) is 4.79 Å². The number of methoxy groups -OCH3 is 1. The second kappa shape index (κ2) is 6.47. The molecule has 2 aliphatic rings. The Balaban J connectivity index is 1.67. The lowest BCUT2D eigenvalue weighted by atomic mass is 10.1. The van der Waals surface area contributed by atoms with Gasteiger partial charge in [0.1, 0.15) is 6.10 Å². The van der Waals surface area contributed by atoms with Crippen molar-refractivity contribution in [1.82, 2.24) is 4.90 Å². The van der Waals surface area contributed by atoms with Gasteiger partial charge in [-0.1, -0.05) is 12.1 Å². The maximum atomic E-state index is 12.6. The Hall–Kier alpha value is -1.90. The quantitative estimate of drug-likeness (QED) is 0.849. The molecule has 1 amide bonds. The van der Waals surface area contributed by atoms with Gasteiger partial charge in [-0.15, -0.1) is 0 Å². The van der Waals surface area contributed by atoms with E-state index < -0.39 is 0 Å². The molecular weight excluding hydrogens is 280 g/mol. The van der Waals surface area contributed by atoms with Crippen molar-refractivity contribution in [3.05, 3.63) is 35.4 Å². The van der Waals surface area contributed by atoms with Crippen molar-refractivity contribution >= 4 is 5.91 Å². The fourth-order valence-electron chi connectivity index (χ4n) is 3.45. The Morgan fingerprint density at radius 2 is 2.18 bits per heavy atom. The van der Waals surface area contributed by atoms with E-state index in [4.69, 9.17) is 14.7 Å². The average molecular weight is 300 g/mol. The number of hydrogen-bond donors (Lipinski definition) is 0. The molecule has 116 valence electrons. The van der Waals surface area contributed by atoms with Gasteiger partial charge in [-0.2, -0.15) is 5.26 Å². The molecule has 1 heterocycles. The maximum absolute atomic E-state index is 12.6. The van der Waals surface area contributed by atoms with Crippen LogP contribution in [0.1, 0.15) is 24.0 Å². The van der Waals surface area contributed by atoms with Gasteiger partial charge in [0.2, 0.25) is 5.91 Å². The third kappa shape index (κ3) is 2.85. The van der Waals surface area contributed by atoms with Crippen molar-refractivity contribution < 1.29 is 14.3 Å². The summed E-state index contributed by atoms with van der Waals surface area (Å²) >= 11 is 0. The highest BCUT2D eigenvalue weighted by atomic mass is 16.5. The minimum atomic E-state index is 0.00339. The van der Waals surface area contributed by atoms with Crippen LogP contribution < -0.4 is 0 Å². The number of amides is 1. The van der Waals surface area contributed by atoms with Crippen LogP contribution in [0.2, 0.25) is 0 Å². The zero-order valence-corrected chi connectivity index (χ0v) is 12.7. The molecular formula is C17H20N2O3. The molecule has 5 heteroatoms. The predicted molar refractivity (Wildman–Crippen MR) is 80.1 cm³/mol. The molecule has 0 spiro atoms. The molecule has 0 aromatic heterocycles. The zero-order valence-electron chi connectivity index (χ0n) is 12.7. The highest BCUT2D eigenvalue weighted by Gasteiger charge is 2.44. The van der Waals surface area contributed by atoms with Gasteiger partial charge in [0.15, 0.2) is 0 Å². The van der Waals surface area contributed by atoms with Gasteiger partial charge in [0.25, 0.3) is 0 Å². The molecule has 1 aliphatic carbocycles. The smallest absolute Gasteiger partial charge is 0.227 e. The lowest BCUT2D eigenvalue weighted by Crippen LogP contribution is -2.54. The van der Waals surface area contributed by atoms with Crippen LogP contribution in [0.4, 0.5) is 0 Å². The van der Waals surface area contributed by atoms with E-state index in [0.717, 1.165) is 18.4 Å². The first kappa shape index (κ1) is 15.0. The molecule has 0 bridgehead atoms. The first-order chi connectivity index (χ1) is 10.7. The summed E-state index contributed by atoms with van der Waals surface area (Å²) in [4.78, 5) is 14.6. The van der Waals surface area contributed by atoms with Crippen molar-refractivity contribution in [2.24, 2.45) is 0 Å². The lowest BCUT2D eigenvalue weighted by molar-refractivity contribution is -0.149. The van der Waals surface area contributed by atoms with E-state index in [0.29, 0.717) is 25.1 Å². The van der Waals surface area contributed by atoms with Crippen molar-refractivity contribution in [1.29, 1.82) is 5.26 Å². The van der Waals surface area contributed by atoms with E-state index in [-0.39, 0.29) is 24.2 Å². The first-order valence-electron chi connectivity index (χ1n) is 7.66.